The van der Waals surface area contributed by atoms with Crippen molar-refractivity contribution in [1.82, 2.24) is 5.32 Å². The lowest BCUT2D eigenvalue weighted by atomic mass is 9.78. The van der Waals surface area contributed by atoms with E-state index in [1.807, 2.05) is 43.3 Å². The van der Waals surface area contributed by atoms with Crippen molar-refractivity contribution in [2.24, 2.45) is 0 Å². The van der Waals surface area contributed by atoms with Crippen LogP contribution >= 0.6 is 0 Å². The fourth-order valence-electron chi connectivity index (χ4n) is 4.02. The fourth-order valence-corrected chi connectivity index (χ4v) is 4.02. The maximum atomic E-state index is 12.9. The van der Waals surface area contributed by atoms with E-state index < -0.39 is 29.8 Å². The predicted molar refractivity (Wildman–Crippen MR) is 117 cm³/mol. The first-order chi connectivity index (χ1) is 14.6. The lowest BCUT2D eigenvalue weighted by Crippen LogP contribution is -2.47. The van der Waals surface area contributed by atoms with Crippen LogP contribution in [-0.2, 0) is 9.53 Å². The summed E-state index contributed by atoms with van der Waals surface area (Å²) in [6, 6.07) is 18.0. The number of amides is 1. The molecular weight excluding hydrogens is 403 g/mol. The highest BCUT2D eigenvalue weighted by Crippen LogP contribution is 2.41. The van der Waals surface area contributed by atoms with Crippen molar-refractivity contribution in [1.29, 1.82) is 0 Å². The van der Waals surface area contributed by atoms with Crippen molar-refractivity contribution in [3.05, 3.63) is 84.4 Å². The van der Waals surface area contributed by atoms with Gasteiger partial charge in [0, 0.05) is 5.92 Å². The second-order valence-corrected chi connectivity index (χ2v) is 7.89. The Morgan fingerprint density at radius 1 is 1.06 bits per heavy atom. The first-order valence-electron chi connectivity index (χ1n) is 10.4. The maximum absolute atomic E-state index is 12.9. The molecule has 2 rings (SSSR count). The van der Waals surface area contributed by atoms with E-state index in [9.17, 15) is 18.0 Å². The average molecular weight is 434 g/mol. The van der Waals surface area contributed by atoms with Gasteiger partial charge < -0.3 is 10.1 Å². The number of ether oxygens (including phenoxy) is 1. The summed E-state index contributed by atoms with van der Waals surface area (Å²) in [4.78, 5) is 11.6. The van der Waals surface area contributed by atoms with Gasteiger partial charge >= 0.3 is 12.1 Å². The molecule has 0 saturated carbocycles. The molecule has 0 aliphatic rings. The number of nitrogens with one attached hydrogen (secondary N) is 1. The number of alkyl halides is 3. The van der Waals surface area contributed by atoms with E-state index in [2.05, 4.69) is 18.8 Å². The van der Waals surface area contributed by atoms with Crippen LogP contribution in [0.2, 0.25) is 0 Å². The number of hydrogen-bond donors (Lipinski definition) is 1. The third kappa shape index (κ3) is 6.44. The Morgan fingerprint density at radius 2 is 1.58 bits per heavy atom. The summed E-state index contributed by atoms with van der Waals surface area (Å²) in [5, 5.41) is 2.07. The summed E-state index contributed by atoms with van der Waals surface area (Å²) in [5.74, 6) is -2.01. The van der Waals surface area contributed by atoms with Crippen LogP contribution in [0.3, 0.4) is 0 Å². The summed E-state index contributed by atoms with van der Waals surface area (Å²) >= 11 is 0. The SMILES string of the molecule is C=CC[C@@](C)(O[C@H](c1ccccc1)[C@@H](C)NC(=O)C(F)(F)F)[C@H](CC)c1ccccc1. The number of hydrogen-bond acceptors (Lipinski definition) is 2. The highest BCUT2D eigenvalue weighted by atomic mass is 19.4. The van der Waals surface area contributed by atoms with Crippen LogP contribution < -0.4 is 5.32 Å². The van der Waals surface area contributed by atoms with Crippen molar-refractivity contribution < 1.29 is 22.7 Å². The molecule has 3 nitrogen and oxygen atoms in total. The number of carbonyl (C=O) groups excluding carboxylic acids is 1. The molecule has 0 aliphatic heterocycles. The average Bonchev–Trinajstić information content (AvgIpc) is 2.73. The van der Waals surface area contributed by atoms with Crippen molar-refractivity contribution in [3.63, 3.8) is 0 Å². The quantitative estimate of drug-likeness (QED) is 0.444. The van der Waals surface area contributed by atoms with Crippen molar-refractivity contribution >= 4 is 5.91 Å². The molecule has 168 valence electrons. The highest BCUT2D eigenvalue weighted by molar-refractivity contribution is 5.82. The molecule has 0 bridgehead atoms. The molecule has 0 saturated heterocycles. The summed E-state index contributed by atoms with van der Waals surface area (Å²) in [6.45, 7) is 9.39. The van der Waals surface area contributed by atoms with Crippen LogP contribution in [0.4, 0.5) is 13.2 Å². The minimum atomic E-state index is -4.96. The van der Waals surface area contributed by atoms with Gasteiger partial charge in [-0.1, -0.05) is 73.7 Å². The third-order valence-corrected chi connectivity index (χ3v) is 5.49. The Balaban J connectivity index is 2.43. The molecule has 0 unspecified atom stereocenters. The molecule has 0 radical (unpaired) electrons. The van der Waals surface area contributed by atoms with E-state index >= 15 is 0 Å². The number of rotatable bonds is 10. The van der Waals surface area contributed by atoms with Gasteiger partial charge in [0.05, 0.1) is 11.6 Å². The summed E-state index contributed by atoms with van der Waals surface area (Å²) in [5.41, 5.74) is 1.01. The standard InChI is InChI=1S/C25H30F3NO2/c1-5-17-24(4,21(6-2)19-13-9-7-10-14-19)31-22(20-15-11-8-12-16-20)18(3)29-23(30)25(26,27)28/h5,7-16,18,21-22H,1,6,17H2,2-4H3,(H,29,30)/t18-,21-,22+,24-/m1/s1. The van der Waals surface area contributed by atoms with Gasteiger partial charge in [-0.05, 0) is 37.8 Å². The third-order valence-electron chi connectivity index (χ3n) is 5.49. The van der Waals surface area contributed by atoms with Crippen molar-refractivity contribution in [3.8, 4) is 0 Å². The van der Waals surface area contributed by atoms with Gasteiger partial charge in [-0.15, -0.1) is 6.58 Å². The number of halogens is 3. The largest absolute Gasteiger partial charge is 0.471 e. The van der Waals surface area contributed by atoms with E-state index in [0.29, 0.717) is 12.0 Å². The molecule has 31 heavy (non-hydrogen) atoms. The molecule has 0 aromatic heterocycles. The zero-order chi connectivity index (χ0) is 23.1. The predicted octanol–water partition coefficient (Wildman–Crippen LogP) is 6.34. The van der Waals surface area contributed by atoms with E-state index in [1.165, 1.54) is 6.92 Å². The fraction of sp³-hybridized carbons (Fsp3) is 0.400. The summed E-state index contributed by atoms with van der Waals surface area (Å²) in [6.07, 6.45) is -2.74. The van der Waals surface area contributed by atoms with Gasteiger partial charge in [-0.25, -0.2) is 0 Å². The molecule has 0 spiro atoms. The second kappa shape index (κ2) is 10.6. The zero-order valence-corrected chi connectivity index (χ0v) is 18.2. The Morgan fingerprint density at radius 3 is 2.03 bits per heavy atom. The molecule has 1 amide bonds. The molecule has 6 heteroatoms. The van der Waals surface area contributed by atoms with Gasteiger partial charge in [-0.3, -0.25) is 4.79 Å². The van der Waals surface area contributed by atoms with Gasteiger partial charge in [0.1, 0.15) is 6.10 Å². The van der Waals surface area contributed by atoms with Gasteiger partial charge in [-0.2, -0.15) is 13.2 Å². The topological polar surface area (TPSA) is 38.3 Å². The van der Waals surface area contributed by atoms with Gasteiger partial charge in [0.15, 0.2) is 0 Å². The number of benzene rings is 2. The van der Waals surface area contributed by atoms with E-state index in [-0.39, 0.29) is 5.92 Å². The molecule has 2 aromatic carbocycles. The monoisotopic (exact) mass is 433 g/mol. The maximum Gasteiger partial charge on any atom is 0.471 e. The van der Waals surface area contributed by atoms with Crippen LogP contribution in [0, 0.1) is 0 Å². The lowest BCUT2D eigenvalue weighted by Gasteiger charge is -2.42. The summed E-state index contributed by atoms with van der Waals surface area (Å²) in [7, 11) is 0. The first kappa shape index (κ1) is 24.7. The van der Waals surface area contributed by atoms with Crippen molar-refractivity contribution in [2.45, 2.75) is 63.5 Å². The second-order valence-electron chi connectivity index (χ2n) is 7.89. The highest BCUT2D eigenvalue weighted by Gasteiger charge is 2.42. The molecular formula is C25H30F3NO2. The lowest BCUT2D eigenvalue weighted by molar-refractivity contribution is -0.177. The van der Waals surface area contributed by atoms with Crippen LogP contribution in [0.1, 0.15) is 56.8 Å². The number of carbonyl (C=O) groups is 1. The van der Waals surface area contributed by atoms with Crippen LogP contribution in [-0.4, -0.2) is 23.7 Å². The first-order valence-corrected chi connectivity index (χ1v) is 10.4. The van der Waals surface area contributed by atoms with E-state index in [4.69, 9.17) is 4.74 Å². The summed E-state index contributed by atoms with van der Waals surface area (Å²) < 4.78 is 45.2. The minimum Gasteiger partial charge on any atom is -0.364 e. The zero-order valence-electron chi connectivity index (χ0n) is 18.2. The molecule has 1 N–H and O–H groups in total. The van der Waals surface area contributed by atoms with Crippen LogP contribution in [0.25, 0.3) is 0 Å². The smallest absolute Gasteiger partial charge is 0.364 e. The Labute approximate surface area is 182 Å². The molecule has 2 aromatic rings. The Bertz CT molecular complexity index is 839. The van der Waals surface area contributed by atoms with Crippen molar-refractivity contribution in [2.75, 3.05) is 0 Å². The molecule has 0 fully saturated rings. The van der Waals surface area contributed by atoms with Gasteiger partial charge in [0.2, 0.25) is 0 Å². The Hall–Kier alpha value is -2.60. The molecule has 0 aliphatic carbocycles. The minimum absolute atomic E-state index is 0.0246. The molecule has 0 heterocycles. The van der Waals surface area contributed by atoms with Crippen LogP contribution in [0.5, 0.6) is 0 Å². The van der Waals surface area contributed by atoms with Crippen LogP contribution in [0.15, 0.2) is 73.3 Å². The van der Waals surface area contributed by atoms with E-state index in [1.54, 1.807) is 30.3 Å². The Kier molecular flexibility index (Phi) is 8.45. The van der Waals surface area contributed by atoms with E-state index in [0.717, 1.165) is 12.0 Å². The molecule has 4 atom stereocenters. The van der Waals surface area contributed by atoms with Gasteiger partial charge in [0.25, 0.3) is 0 Å². The normalized spacial score (nSPS) is 16.6.